The second-order valence-corrected chi connectivity index (χ2v) is 14.8. The van der Waals surface area contributed by atoms with Crippen molar-refractivity contribution in [1.29, 1.82) is 0 Å². The molecule has 0 saturated heterocycles. The van der Waals surface area contributed by atoms with E-state index in [0.29, 0.717) is 0 Å². The quantitative estimate of drug-likeness (QED) is 0.162. The molecule has 11 rings (SSSR count). The van der Waals surface area contributed by atoms with Crippen LogP contribution < -0.4 is 4.90 Å². The van der Waals surface area contributed by atoms with Crippen molar-refractivity contribution in [2.24, 2.45) is 0 Å². The largest absolute Gasteiger partial charge is 0.455 e. The third kappa shape index (κ3) is 5.66. The van der Waals surface area contributed by atoms with Gasteiger partial charge in [0.1, 0.15) is 11.2 Å². The summed E-state index contributed by atoms with van der Waals surface area (Å²) in [6, 6.07) is 80.7. The smallest absolute Gasteiger partial charge is 0.145 e. The zero-order chi connectivity index (χ0) is 38.4. The number of fused-ring (bicyclic) bond motifs is 5. The standard InChI is InChI=1S/C56H37NO/c1-3-17-38(18-4-1)42-25-13-26-43(37-42)57(52-36-35-46(41-19-5-2-6-20-41)56-55(52)50-29-11-12-34-53(50)58-56)51-33-16-32-49(47-30-14-23-39-21-7-9-27-44(39)47)54(51)48-31-15-24-40-22-8-10-28-45(40)48/h1-37H. The van der Waals surface area contributed by atoms with Gasteiger partial charge in [-0.15, -0.1) is 0 Å². The van der Waals surface area contributed by atoms with Gasteiger partial charge in [0.25, 0.3) is 0 Å². The highest BCUT2D eigenvalue weighted by Gasteiger charge is 2.26. The fourth-order valence-corrected chi connectivity index (χ4v) is 8.84. The molecule has 272 valence electrons. The minimum absolute atomic E-state index is 0.860. The second-order valence-electron chi connectivity index (χ2n) is 14.8. The van der Waals surface area contributed by atoms with E-state index in [1.807, 2.05) is 0 Å². The maximum atomic E-state index is 6.88. The van der Waals surface area contributed by atoms with Crippen molar-refractivity contribution in [3.05, 3.63) is 224 Å². The molecular formula is C56H37NO. The van der Waals surface area contributed by atoms with Crippen molar-refractivity contribution in [1.82, 2.24) is 0 Å². The first kappa shape index (κ1) is 33.6. The fourth-order valence-electron chi connectivity index (χ4n) is 8.84. The maximum Gasteiger partial charge on any atom is 0.145 e. The van der Waals surface area contributed by atoms with Crippen LogP contribution in [0.15, 0.2) is 229 Å². The lowest BCUT2D eigenvalue weighted by Crippen LogP contribution is -2.12. The molecule has 2 nitrogen and oxygen atoms in total. The molecule has 1 aromatic heterocycles. The molecule has 0 N–H and O–H groups in total. The molecule has 0 saturated carbocycles. The van der Waals surface area contributed by atoms with Crippen LogP contribution in [0.25, 0.3) is 88.0 Å². The van der Waals surface area contributed by atoms with Crippen LogP contribution in [0, 0.1) is 0 Å². The number of nitrogens with zero attached hydrogens (tertiary/aromatic N) is 1. The van der Waals surface area contributed by atoms with Gasteiger partial charge < -0.3 is 9.32 Å². The average Bonchev–Trinajstić information content (AvgIpc) is 3.69. The molecule has 11 aromatic rings. The van der Waals surface area contributed by atoms with Crippen LogP contribution in [-0.2, 0) is 0 Å². The van der Waals surface area contributed by atoms with Crippen molar-refractivity contribution in [3.63, 3.8) is 0 Å². The van der Waals surface area contributed by atoms with E-state index in [9.17, 15) is 0 Å². The van der Waals surface area contributed by atoms with E-state index in [-0.39, 0.29) is 0 Å². The van der Waals surface area contributed by atoms with Crippen LogP contribution in [0.3, 0.4) is 0 Å². The van der Waals surface area contributed by atoms with E-state index in [1.165, 1.54) is 43.8 Å². The minimum Gasteiger partial charge on any atom is -0.455 e. The first-order valence-corrected chi connectivity index (χ1v) is 19.8. The molecule has 0 spiro atoms. The molecule has 2 heteroatoms. The predicted molar refractivity (Wildman–Crippen MR) is 245 cm³/mol. The summed E-state index contributed by atoms with van der Waals surface area (Å²) >= 11 is 0. The number of hydrogen-bond acceptors (Lipinski definition) is 2. The van der Waals surface area contributed by atoms with Crippen LogP contribution in [0.2, 0.25) is 0 Å². The fraction of sp³-hybridized carbons (Fsp3) is 0. The van der Waals surface area contributed by atoms with Crippen LogP contribution in [0.1, 0.15) is 0 Å². The number of anilines is 3. The summed E-state index contributed by atoms with van der Waals surface area (Å²) in [5.74, 6) is 0. The van der Waals surface area contributed by atoms with Gasteiger partial charge in [-0.3, -0.25) is 0 Å². The lowest BCUT2D eigenvalue weighted by atomic mass is 9.87. The third-order valence-corrected chi connectivity index (χ3v) is 11.5. The van der Waals surface area contributed by atoms with Gasteiger partial charge in [-0.05, 0) is 91.3 Å². The molecule has 10 aromatic carbocycles. The van der Waals surface area contributed by atoms with Crippen molar-refractivity contribution >= 4 is 60.5 Å². The highest BCUT2D eigenvalue weighted by Crippen LogP contribution is 2.51. The van der Waals surface area contributed by atoms with E-state index in [0.717, 1.165) is 61.3 Å². The summed E-state index contributed by atoms with van der Waals surface area (Å²) in [5.41, 5.74) is 14.1. The Morgan fingerprint density at radius 2 is 0.879 bits per heavy atom. The van der Waals surface area contributed by atoms with E-state index in [1.54, 1.807) is 0 Å². The van der Waals surface area contributed by atoms with Crippen LogP contribution in [-0.4, -0.2) is 0 Å². The van der Waals surface area contributed by atoms with Gasteiger partial charge in [-0.1, -0.05) is 188 Å². The Morgan fingerprint density at radius 1 is 0.328 bits per heavy atom. The summed E-state index contributed by atoms with van der Waals surface area (Å²) in [5, 5.41) is 6.98. The topological polar surface area (TPSA) is 16.4 Å². The first-order valence-electron chi connectivity index (χ1n) is 19.8. The Labute approximate surface area is 337 Å². The van der Waals surface area contributed by atoms with Crippen molar-refractivity contribution < 1.29 is 4.42 Å². The van der Waals surface area contributed by atoms with Crippen molar-refractivity contribution in [2.75, 3.05) is 4.90 Å². The van der Waals surface area contributed by atoms with Crippen molar-refractivity contribution in [2.45, 2.75) is 0 Å². The Hall–Kier alpha value is -7.68. The second kappa shape index (κ2) is 14.1. The molecule has 0 aliphatic rings. The molecular weight excluding hydrogens is 703 g/mol. The molecule has 1 heterocycles. The molecule has 0 atom stereocenters. The molecule has 0 amide bonds. The minimum atomic E-state index is 0.860. The van der Waals surface area contributed by atoms with E-state index >= 15 is 0 Å². The third-order valence-electron chi connectivity index (χ3n) is 11.5. The Balaban J connectivity index is 1.29. The summed E-state index contributed by atoms with van der Waals surface area (Å²) < 4.78 is 6.88. The van der Waals surface area contributed by atoms with Crippen LogP contribution >= 0.6 is 0 Å². The molecule has 0 bridgehead atoms. The molecule has 58 heavy (non-hydrogen) atoms. The Kier molecular flexibility index (Phi) is 8.19. The Morgan fingerprint density at radius 3 is 1.64 bits per heavy atom. The van der Waals surface area contributed by atoms with Gasteiger partial charge in [0.2, 0.25) is 0 Å². The molecule has 0 radical (unpaired) electrons. The average molecular weight is 740 g/mol. The van der Waals surface area contributed by atoms with E-state index in [2.05, 4.69) is 229 Å². The van der Waals surface area contributed by atoms with E-state index < -0.39 is 0 Å². The van der Waals surface area contributed by atoms with Gasteiger partial charge in [-0.25, -0.2) is 0 Å². The maximum absolute atomic E-state index is 6.88. The van der Waals surface area contributed by atoms with E-state index in [4.69, 9.17) is 4.42 Å². The lowest BCUT2D eigenvalue weighted by molar-refractivity contribution is 0.670. The first-order chi connectivity index (χ1) is 28.8. The van der Waals surface area contributed by atoms with Gasteiger partial charge in [0.05, 0.1) is 16.8 Å². The highest BCUT2D eigenvalue weighted by atomic mass is 16.3. The number of furan rings is 1. The number of hydrogen-bond donors (Lipinski definition) is 0. The van der Waals surface area contributed by atoms with Gasteiger partial charge in [0.15, 0.2) is 0 Å². The number of para-hydroxylation sites is 1. The van der Waals surface area contributed by atoms with Crippen LogP contribution in [0.4, 0.5) is 17.1 Å². The zero-order valence-electron chi connectivity index (χ0n) is 31.7. The Bertz CT molecular complexity index is 3280. The normalized spacial score (nSPS) is 11.4. The molecule has 0 unspecified atom stereocenters. The highest BCUT2D eigenvalue weighted by molar-refractivity contribution is 6.18. The van der Waals surface area contributed by atoms with Gasteiger partial charge >= 0.3 is 0 Å². The zero-order valence-corrected chi connectivity index (χ0v) is 31.7. The summed E-state index contributed by atoms with van der Waals surface area (Å²) in [7, 11) is 0. The summed E-state index contributed by atoms with van der Waals surface area (Å²) in [6.07, 6.45) is 0. The molecule has 0 fully saturated rings. The molecule has 0 aliphatic heterocycles. The summed E-state index contributed by atoms with van der Waals surface area (Å²) in [4.78, 5) is 2.47. The lowest BCUT2D eigenvalue weighted by Gasteiger charge is -2.31. The molecule has 0 aliphatic carbocycles. The van der Waals surface area contributed by atoms with Crippen LogP contribution in [0.5, 0.6) is 0 Å². The SMILES string of the molecule is c1ccc(-c2cccc(N(c3cccc(-c4cccc5ccccc45)c3-c3cccc4ccccc34)c3ccc(-c4ccccc4)c4oc5ccccc5c34)c2)cc1. The predicted octanol–water partition coefficient (Wildman–Crippen LogP) is 16.0. The van der Waals surface area contributed by atoms with Gasteiger partial charge in [-0.2, -0.15) is 0 Å². The van der Waals surface area contributed by atoms with Gasteiger partial charge in [0, 0.05) is 22.2 Å². The summed E-state index contributed by atoms with van der Waals surface area (Å²) in [6.45, 7) is 0. The number of benzene rings is 10. The monoisotopic (exact) mass is 739 g/mol. The van der Waals surface area contributed by atoms with Crippen molar-refractivity contribution in [3.8, 4) is 44.5 Å². The number of rotatable bonds is 7.